The minimum Gasteiger partial charge on any atom is -0.356 e. The second-order valence-corrected chi connectivity index (χ2v) is 9.59. The van der Waals surface area contributed by atoms with Crippen LogP contribution in [0.4, 0.5) is 23.4 Å². The predicted octanol–water partition coefficient (Wildman–Crippen LogP) is 5.92. The van der Waals surface area contributed by atoms with Crippen molar-refractivity contribution in [3.63, 3.8) is 0 Å². The average molecular weight is 473 g/mol. The van der Waals surface area contributed by atoms with E-state index in [0.717, 1.165) is 63.1 Å². The summed E-state index contributed by atoms with van der Waals surface area (Å²) in [5.74, 6) is 1.78. The Morgan fingerprint density at radius 3 is 2.35 bits per heavy atom. The highest BCUT2D eigenvalue weighted by atomic mass is 19.4. The standard InChI is InChI=1S/C26H28F4N4/c27-21-3-1-2-20(14-21)17-33(15-18-4-5-18)16-19-9-12-34(13-10-19)25-22-6-7-24(26(28,29)30)32-23(22)8-11-31-25/h1-3,6-8,11,14,18-19H,4-5,9-10,12-13,15-17H2. The largest absolute Gasteiger partial charge is 0.433 e. The van der Waals surface area contributed by atoms with Crippen LogP contribution in [0.2, 0.25) is 0 Å². The number of fused-ring (bicyclic) bond motifs is 1. The van der Waals surface area contributed by atoms with Crippen molar-refractivity contribution in [3.05, 3.63) is 65.7 Å². The van der Waals surface area contributed by atoms with Gasteiger partial charge >= 0.3 is 6.18 Å². The van der Waals surface area contributed by atoms with Crippen LogP contribution < -0.4 is 4.90 Å². The van der Waals surface area contributed by atoms with Gasteiger partial charge in [-0.05, 0) is 73.4 Å². The van der Waals surface area contributed by atoms with E-state index < -0.39 is 11.9 Å². The van der Waals surface area contributed by atoms with Crippen molar-refractivity contribution in [1.29, 1.82) is 0 Å². The number of alkyl halides is 3. The number of nitrogens with zero attached hydrogens (tertiary/aromatic N) is 4. The number of aromatic nitrogens is 2. The van der Waals surface area contributed by atoms with Crippen LogP contribution in [0.15, 0.2) is 48.7 Å². The van der Waals surface area contributed by atoms with E-state index in [1.165, 1.54) is 37.2 Å². The first kappa shape index (κ1) is 23.0. The van der Waals surface area contributed by atoms with Crippen molar-refractivity contribution in [2.45, 2.75) is 38.4 Å². The molecule has 4 nitrogen and oxygen atoms in total. The van der Waals surface area contributed by atoms with Gasteiger partial charge in [-0.3, -0.25) is 4.90 Å². The summed E-state index contributed by atoms with van der Waals surface area (Å²) >= 11 is 0. The van der Waals surface area contributed by atoms with E-state index in [4.69, 9.17) is 0 Å². The molecule has 2 aliphatic rings. The van der Waals surface area contributed by atoms with Crippen LogP contribution in [0.5, 0.6) is 0 Å². The van der Waals surface area contributed by atoms with E-state index >= 15 is 0 Å². The molecule has 1 aromatic carbocycles. The Labute approximate surface area is 196 Å². The first-order chi connectivity index (χ1) is 16.3. The minimum atomic E-state index is -4.46. The molecule has 3 heterocycles. The molecule has 0 spiro atoms. The van der Waals surface area contributed by atoms with Crippen molar-refractivity contribution < 1.29 is 17.6 Å². The number of anilines is 1. The zero-order valence-corrected chi connectivity index (χ0v) is 18.9. The number of halogens is 4. The molecule has 2 fully saturated rings. The molecule has 0 atom stereocenters. The Balaban J connectivity index is 1.24. The van der Waals surface area contributed by atoms with E-state index in [0.29, 0.717) is 22.6 Å². The summed E-state index contributed by atoms with van der Waals surface area (Å²) in [7, 11) is 0. The van der Waals surface area contributed by atoms with Crippen LogP contribution in [-0.4, -0.2) is 41.0 Å². The second-order valence-electron chi connectivity index (χ2n) is 9.59. The Kier molecular flexibility index (Phi) is 6.42. The van der Waals surface area contributed by atoms with Crippen molar-refractivity contribution in [2.24, 2.45) is 11.8 Å². The van der Waals surface area contributed by atoms with Gasteiger partial charge in [0, 0.05) is 44.3 Å². The molecular formula is C26H28F4N4. The fourth-order valence-electron chi connectivity index (χ4n) is 4.90. The SMILES string of the molecule is Fc1cccc(CN(CC2CC2)CC2CCN(c3nccc4nc(C(F)(F)F)ccc34)CC2)c1. The molecule has 180 valence electrons. The zero-order chi connectivity index (χ0) is 23.7. The Hall–Kier alpha value is -2.74. The topological polar surface area (TPSA) is 32.3 Å². The minimum absolute atomic E-state index is 0.198. The molecule has 1 saturated carbocycles. The van der Waals surface area contributed by atoms with Gasteiger partial charge in [-0.15, -0.1) is 0 Å². The molecule has 0 radical (unpaired) electrons. The van der Waals surface area contributed by atoms with Gasteiger partial charge in [-0.2, -0.15) is 13.2 Å². The maximum absolute atomic E-state index is 13.7. The summed E-state index contributed by atoms with van der Waals surface area (Å²) in [5.41, 5.74) is 0.432. The molecule has 8 heteroatoms. The van der Waals surface area contributed by atoms with Crippen LogP contribution in [0.3, 0.4) is 0 Å². The van der Waals surface area contributed by atoms with E-state index in [1.54, 1.807) is 12.1 Å². The fraction of sp³-hybridized carbons (Fsp3) is 0.462. The number of piperidine rings is 1. The first-order valence-corrected chi connectivity index (χ1v) is 11.9. The molecule has 0 bridgehead atoms. The number of benzene rings is 1. The number of hydrogen-bond acceptors (Lipinski definition) is 4. The summed E-state index contributed by atoms with van der Waals surface area (Å²) < 4.78 is 52.8. The molecular weight excluding hydrogens is 444 g/mol. The van der Waals surface area contributed by atoms with Gasteiger partial charge in [0.2, 0.25) is 0 Å². The molecule has 1 aliphatic carbocycles. The van der Waals surface area contributed by atoms with Crippen LogP contribution in [-0.2, 0) is 12.7 Å². The van der Waals surface area contributed by atoms with Crippen molar-refractivity contribution in [2.75, 3.05) is 31.1 Å². The predicted molar refractivity (Wildman–Crippen MR) is 124 cm³/mol. The Morgan fingerprint density at radius 1 is 0.941 bits per heavy atom. The lowest BCUT2D eigenvalue weighted by molar-refractivity contribution is -0.140. The molecule has 5 rings (SSSR count). The molecule has 0 N–H and O–H groups in total. The monoisotopic (exact) mass is 472 g/mol. The highest BCUT2D eigenvalue weighted by Gasteiger charge is 2.33. The van der Waals surface area contributed by atoms with Crippen molar-refractivity contribution in [1.82, 2.24) is 14.9 Å². The summed E-state index contributed by atoms with van der Waals surface area (Å²) in [6, 6.07) is 10.9. The van der Waals surface area contributed by atoms with E-state index in [9.17, 15) is 17.6 Å². The van der Waals surface area contributed by atoms with Gasteiger partial charge in [0.25, 0.3) is 0 Å². The normalized spacial score (nSPS) is 17.6. The number of hydrogen-bond donors (Lipinski definition) is 0. The molecule has 1 aliphatic heterocycles. The van der Waals surface area contributed by atoms with Gasteiger partial charge in [0.1, 0.15) is 17.3 Å². The summed E-state index contributed by atoms with van der Waals surface area (Å²) in [5, 5.41) is 0.649. The first-order valence-electron chi connectivity index (χ1n) is 11.9. The van der Waals surface area contributed by atoms with E-state index in [-0.39, 0.29) is 5.82 Å². The molecule has 3 aromatic rings. The maximum Gasteiger partial charge on any atom is 0.433 e. The third kappa shape index (κ3) is 5.49. The molecule has 0 amide bonds. The van der Waals surface area contributed by atoms with Gasteiger partial charge in [-0.1, -0.05) is 12.1 Å². The number of rotatable bonds is 7. The Morgan fingerprint density at radius 2 is 1.68 bits per heavy atom. The van der Waals surface area contributed by atoms with Crippen LogP contribution in [0, 0.1) is 17.7 Å². The summed E-state index contributed by atoms with van der Waals surface area (Å²) in [6.45, 7) is 4.38. The lowest BCUT2D eigenvalue weighted by atomic mass is 9.95. The van der Waals surface area contributed by atoms with Crippen LogP contribution in [0.1, 0.15) is 36.9 Å². The highest BCUT2D eigenvalue weighted by Crippen LogP contribution is 2.34. The molecule has 2 aromatic heterocycles. The van der Waals surface area contributed by atoms with Crippen LogP contribution >= 0.6 is 0 Å². The lowest BCUT2D eigenvalue weighted by Gasteiger charge is -2.36. The van der Waals surface area contributed by atoms with Crippen molar-refractivity contribution >= 4 is 16.7 Å². The number of pyridine rings is 2. The fourth-order valence-corrected chi connectivity index (χ4v) is 4.90. The maximum atomic E-state index is 13.7. The highest BCUT2D eigenvalue weighted by molar-refractivity contribution is 5.89. The summed E-state index contributed by atoms with van der Waals surface area (Å²) in [6.07, 6.45) is 1.58. The second kappa shape index (κ2) is 9.49. The Bertz CT molecular complexity index is 1140. The summed E-state index contributed by atoms with van der Waals surface area (Å²) in [4.78, 5) is 12.9. The van der Waals surface area contributed by atoms with Gasteiger partial charge in [0.15, 0.2) is 0 Å². The van der Waals surface area contributed by atoms with Gasteiger partial charge < -0.3 is 4.90 Å². The third-order valence-electron chi connectivity index (χ3n) is 6.82. The molecule has 1 saturated heterocycles. The smallest absolute Gasteiger partial charge is 0.356 e. The zero-order valence-electron chi connectivity index (χ0n) is 18.9. The molecule has 34 heavy (non-hydrogen) atoms. The van der Waals surface area contributed by atoms with Crippen LogP contribution in [0.25, 0.3) is 10.9 Å². The van der Waals surface area contributed by atoms with E-state index in [2.05, 4.69) is 19.8 Å². The van der Waals surface area contributed by atoms with Crippen molar-refractivity contribution in [3.8, 4) is 0 Å². The molecule has 0 unspecified atom stereocenters. The average Bonchev–Trinajstić information content (AvgIpc) is 3.62. The van der Waals surface area contributed by atoms with Gasteiger partial charge in [-0.25, -0.2) is 14.4 Å². The lowest BCUT2D eigenvalue weighted by Crippen LogP contribution is -2.39. The quantitative estimate of drug-likeness (QED) is 0.400. The van der Waals surface area contributed by atoms with E-state index in [1.807, 2.05) is 6.07 Å². The van der Waals surface area contributed by atoms with Gasteiger partial charge in [0.05, 0.1) is 5.52 Å². The third-order valence-corrected chi connectivity index (χ3v) is 6.82.